The van der Waals surface area contributed by atoms with Crippen molar-refractivity contribution in [2.45, 2.75) is 19.9 Å². The number of cyclic esters (lactones) is 1. The van der Waals surface area contributed by atoms with Crippen LogP contribution in [-0.2, 0) is 4.74 Å². The Morgan fingerprint density at radius 1 is 1.47 bits per heavy atom. The number of nitrogens with one attached hydrogen (secondary N) is 1. The average Bonchev–Trinajstić information content (AvgIpc) is 2.32. The van der Waals surface area contributed by atoms with Crippen molar-refractivity contribution in [1.29, 1.82) is 5.26 Å². The van der Waals surface area contributed by atoms with Gasteiger partial charge < -0.3 is 10.1 Å². The van der Waals surface area contributed by atoms with Gasteiger partial charge in [0.05, 0.1) is 17.7 Å². The molecule has 17 heavy (non-hydrogen) atoms. The monoisotopic (exact) mass is 230 g/mol. The summed E-state index contributed by atoms with van der Waals surface area (Å²) in [4.78, 5) is 11.3. The maximum atomic E-state index is 11.3. The molecule has 0 unspecified atom stereocenters. The number of hydrogen-bond donors (Lipinski definition) is 1. The Kier molecular flexibility index (Phi) is 2.76. The molecule has 1 aliphatic rings. The largest absolute Gasteiger partial charge is 0.449 e. The standard InChI is InChI=1S/C13H14N2O2/c1-13(2)8-17-12(16)15-11(13)10-6-4-3-5-9(10)7-14/h3-6,11H,8H2,1-2H3,(H,15,16)/t11-/m0/s1. The minimum Gasteiger partial charge on any atom is -0.449 e. The van der Waals surface area contributed by atoms with Crippen LogP contribution in [0.2, 0.25) is 0 Å². The molecule has 4 nitrogen and oxygen atoms in total. The molecule has 2 rings (SSSR count). The summed E-state index contributed by atoms with van der Waals surface area (Å²) >= 11 is 0. The van der Waals surface area contributed by atoms with Crippen LogP contribution >= 0.6 is 0 Å². The molecular formula is C13H14N2O2. The van der Waals surface area contributed by atoms with Gasteiger partial charge in [-0.25, -0.2) is 4.79 Å². The van der Waals surface area contributed by atoms with Gasteiger partial charge >= 0.3 is 6.09 Å². The Morgan fingerprint density at radius 2 is 2.18 bits per heavy atom. The van der Waals surface area contributed by atoms with E-state index in [0.29, 0.717) is 12.2 Å². The molecule has 1 amide bonds. The summed E-state index contributed by atoms with van der Waals surface area (Å²) in [5, 5.41) is 11.9. The SMILES string of the molecule is CC1(C)COC(=O)N[C@H]1c1ccccc1C#N. The Bertz CT molecular complexity index is 488. The van der Waals surface area contributed by atoms with E-state index in [-0.39, 0.29) is 11.5 Å². The minimum atomic E-state index is -0.429. The van der Waals surface area contributed by atoms with Crippen molar-refractivity contribution >= 4 is 6.09 Å². The van der Waals surface area contributed by atoms with Gasteiger partial charge in [0.15, 0.2) is 0 Å². The number of amides is 1. The first-order chi connectivity index (χ1) is 8.04. The van der Waals surface area contributed by atoms with Crippen molar-refractivity contribution in [2.24, 2.45) is 5.41 Å². The molecule has 0 bridgehead atoms. The van der Waals surface area contributed by atoms with Crippen LogP contribution in [-0.4, -0.2) is 12.7 Å². The normalized spacial score (nSPS) is 22.2. The second-order valence-electron chi connectivity index (χ2n) is 4.84. The summed E-state index contributed by atoms with van der Waals surface area (Å²) in [5.41, 5.74) is 1.20. The number of nitrogens with zero attached hydrogens (tertiary/aromatic N) is 1. The number of hydrogen-bond acceptors (Lipinski definition) is 3. The van der Waals surface area contributed by atoms with E-state index in [9.17, 15) is 4.79 Å². The second-order valence-corrected chi connectivity index (χ2v) is 4.84. The first kappa shape index (κ1) is 11.5. The van der Waals surface area contributed by atoms with Crippen LogP contribution in [0, 0.1) is 16.7 Å². The average molecular weight is 230 g/mol. The van der Waals surface area contributed by atoms with Gasteiger partial charge in [0, 0.05) is 5.41 Å². The zero-order chi connectivity index (χ0) is 12.5. The second kappa shape index (κ2) is 4.10. The van der Waals surface area contributed by atoms with E-state index >= 15 is 0 Å². The van der Waals surface area contributed by atoms with Crippen LogP contribution in [0.3, 0.4) is 0 Å². The Morgan fingerprint density at radius 3 is 2.88 bits per heavy atom. The molecule has 0 spiro atoms. The van der Waals surface area contributed by atoms with E-state index in [4.69, 9.17) is 10.00 Å². The third kappa shape index (κ3) is 2.09. The molecule has 1 fully saturated rings. The third-order valence-corrected chi connectivity index (χ3v) is 3.01. The van der Waals surface area contributed by atoms with Crippen LogP contribution < -0.4 is 5.32 Å². The Balaban J connectivity index is 2.44. The zero-order valence-electron chi connectivity index (χ0n) is 9.86. The maximum absolute atomic E-state index is 11.3. The lowest BCUT2D eigenvalue weighted by atomic mass is 9.79. The number of ether oxygens (including phenoxy) is 1. The predicted octanol–water partition coefficient (Wildman–Crippen LogP) is 2.37. The quantitative estimate of drug-likeness (QED) is 0.805. The molecule has 1 N–H and O–H groups in total. The first-order valence-electron chi connectivity index (χ1n) is 5.47. The number of nitriles is 1. The molecule has 1 heterocycles. The van der Waals surface area contributed by atoms with Crippen LogP contribution in [0.4, 0.5) is 4.79 Å². The van der Waals surface area contributed by atoms with Crippen molar-refractivity contribution in [1.82, 2.24) is 5.32 Å². The summed E-state index contributed by atoms with van der Waals surface area (Å²) < 4.78 is 4.99. The summed E-state index contributed by atoms with van der Waals surface area (Å²) in [6.45, 7) is 4.36. The van der Waals surface area contributed by atoms with Crippen molar-refractivity contribution in [3.05, 3.63) is 35.4 Å². The third-order valence-electron chi connectivity index (χ3n) is 3.01. The first-order valence-corrected chi connectivity index (χ1v) is 5.47. The van der Waals surface area contributed by atoms with E-state index in [1.807, 2.05) is 32.0 Å². The fourth-order valence-electron chi connectivity index (χ4n) is 2.04. The van der Waals surface area contributed by atoms with Crippen molar-refractivity contribution in [2.75, 3.05) is 6.61 Å². The summed E-state index contributed by atoms with van der Waals surface area (Å²) in [7, 11) is 0. The molecule has 1 aliphatic heterocycles. The zero-order valence-corrected chi connectivity index (χ0v) is 9.86. The molecule has 4 heteroatoms. The topological polar surface area (TPSA) is 62.1 Å². The summed E-state index contributed by atoms with van der Waals surface area (Å²) in [6, 6.07) is 9.27. The molecular weight excluding hydrogens is 216 g/mol. The maximum Gasteiger partial charge on any atom is 0.407 e. The van der Waals surface area contributed by atoms with Crippen LogP contribution in [0.15, 0.2) is 24.3 Å². The molecule has 0 saturated carbocycles. The van der Waals surface area contributed by atoms with E-state index in [2.05, 4.69) is 11.4 Å². The molecule has 0 radical (unpaired) electrons. The number of alkyl carbamates (subject to hydrolysis) is 1. The van der Waals surface area contributed by atoms with E-state index < -0.39 is 6.09 Å². The molecule has 1 aromatic rings. The summed E-state index contributed by atoms with van der Waals surface area (Å²) in [5.74, 6) is 0. The van der Waals surface area contributed by atoms with Gasteiger partial charge in [0.1, 0.15) is 6.61 Å². The van der Waals surface area contributed by atoms with E-state index in [1.165, 1.54) is 0 Å². The number of carbonyl (C=O) groups excluding carboxylic acids is 1. The van der Waals surface area contributed by atoms with Crippen molar-refractivity contribution in [3.8, 4) is 6.07 Å². The number of rotatable bonds is 1. The highest BCUT2D eigenvalue weighted by Gasteiger charge is 2.38. The van der Waals surface area contributed by atoms with Crippen molar-refractivity contribution in [3.63, 3.8) is 0 Å². The Labute approximate surface area is 100 Å². The van der Waals surface area contributed by atoms with Crippen molar-refractivity contribution < 1.29 is 9.53 Å². The fourth-order valence-corrected chi connectivity index (χ4v) is 2.04. The van der Waals surface area contributed by atoms with E-state index in [0.717, 1.165) is 5.56 Å². The van der Waals surface area contributed by atoms with Crippen LogP contribution in [0.25, 0.3) is 0 Å². The smallest absolute Gasteiger partial charge is 0.407 e. The number of carbonyl (C=O) groups is 1. The summed E-state index contributed by atoms with van der Waals surface area (Å²) in [6.07, 6.45) is -0.429. The van der Waals surface area contributed by atoms with Gasteiger partial charge in [0.25, 0.3) is 0 Å². The van der Waals surface area contributed by atoms with Gasteiger partial charge in [-0.15, -0.1) is 0 Å². The lowest BCUT2D eigenvalue weighted by molar-refractivity contribution is 0.0387. The number of benzene rings is 1. The molecule has 1 aromatic carbocycles. The van der Waals surface area contributed by atoms with Gasteiger partial charge in [-0.1, -0.05) is 32.0 Å². The minimum absolute atomic E-state index is 0.195. The van der Waals surface area contributed by atoms with Gasteiger partial charge in [-0.05, 0) is 11.6 Å². The lowest BCUT2D eigenvalue weighted by Crippen LogP contribution is -2.47. The lowest BCUT2D eigenvalue weighted by Gasteiger charge is -2.38. The Hall–Kier alpha value is -2.02. The van der Waals surface area contributed by atoms with Gasteiger partial charge in [-0.3, -0.25) is 0 Å². The van der Waals surface area contributed by atoms with Crippen LogP contribution in [0.5, 0.6) is 0 Å². The molecule has 0 aromatic heterocycles. The van der Waals surface area contributed by atoms with Gasteiger partial charge in [0.2, 0.25) is 0 Å². The van der Waals surface area contributed by atoms with Crippen LogP contribution in [0.1, 0.15) is 31.0 Å². The predicted molar refractivity (Wildman–Crippen MR) is 62.2 cm³/mol. The highest BCUT2D eigenvalue weighted by Crippen LogP contribution is 2.37. The molecule has 0 aliphatic carbocycles. The fraction of sp³-hybridized carbons (Fsp3) is 0.385. The highest BCUT2D eigenvalue weighted by atomic mass is 16.6. The van der Waals surface area contributed by atoms with Gasteiger partial charge in [-0.2, -0.15) is 5.26 Å². The molecule has 1 atom stereocenters. The highest BCUT2D eigenvalue weighted by molar-refractivity contribution is 5.69. The molecule has 1 saturated heterocycles. The van der Waals surface area contributed by atoms with E-state index in [1.54, 1.807) is 6.07 Å². The molecule has 88 valence electrons.